The van der Waals surface area contributed by atoms with Gasteiger partial charge in [-0.25, -0.2) is 4.79 Å². The molecule has 2 aromatic carbocycles. The van der Waals surface area contributed by atoms with Crippen molar-refractivity contribution in [3.63, 3.8) is 0 Å². The Labute approximate surface area is 149 Å². The fraction of sp³-hybridized carbons (Fsp3) is 0.118. The van der Waals surface area contributed by atoms with Crippen LogP contribution in [0.15, 0.2) is 48.5 Å². The lowest BCUT2D eigenvalue weighted by molar-refractivity contribution is 0.0975. The number of nitrogens with one attached hydrogen (secondary N) is 2. The van der Waals surface area contributed by atoms with Crippen LogP contribution in [0.5, 0.6) is 5.75 Å². The third-order valence-electron chi connectivity index (χ3n) is 3.17. The van der Waals surface area contributed by atoms with E-state index in [1.54, 1.807) is 6.07 Å². The van der Waals surface area contributed by atoms with Crippen molar-refractivity contribution in [2.45, 2.75) is 13.5 Å². The molecule has 0 aromatic heterocycles. The van der Waals surface area contributed by atoms with Crippen molar-refractivity contribution in [2.24, 2.45) is 5.73 Å². The molecule has 0 fully saturated rings. The fourth-order valence-electron chi connectivity index (χ4n) is 1.96. The normalized spacial score (nSPS) is 9.96. The van der Waals surface area contributed by atoms with E-state index in [-0.39, 0.29) is 23.7 Å². The first-order valence-corrected chi connectivity index (χ1v) is 8.12. The Hall–Kier alpha value is -3.00. The zero-order chi connectivity index (χ0) is 18.2. The largest absolute Gasteiger partial charge is 0.488 e. The maximum absolute atomic E-state index is 12.3. The van der Waals surface area contributed by atoms with Gasteiger partial charge in [-0.2, -0.15) is 0 Å². The number of hydrogen-bond donors (Lipinski definition) is 3. The van der Waals surface area contributed by atoms with Gasteiger partial charge < -0.3 is 10.5 Å². The highest BCUT2D eigenvalue weighted by atomic mass is 32.2. The van der Waals surface area contributed by atoms with Crippen LogP contribution in [0.4, 0.5) is 4.79 Å². The molecular formula is C17H17N3O4S. The number of nitrogens with two attached hydrogens (primary N) is 1. The predicted octanol–water partition coefficient (Wildman–Crippen LogP) is 2.43. The predicted molar refractivity (Wildman–Crippen MR) is 95.0 cm³/mol. The van der Waals surface area contributed by atoms with E-state index in [0.717, 1.165) is 5.56 Å². The average molecular weight is 359 g/mol. The Morgan fingerprint density at radius 3 is 2.44 bits per heavy atom. The number of urea groups is 1. The minimum absolute atomic E-state index is 0.138. The summed E-state index contributed by atoms with van der Waals surface area (Å²) in [5, 5.41) is 0. The fourth-order valence-corrected chi connectivity index (χ4v) is 2.32. The van der Waals surface area contributed by atoms with Gasteiger partial charge in [-0.3, -0.25) is 19.0 Å². The van der Waals surface area contributed by atoms with E-state index in [1.165, 1.54) is 19.1 Å². The number of rotatable bonds is 7. The van der Waals surface area contributed by atoms with Crippen LogP contribution in [0.25, 0.3) is 0 Å². The summed E-state index contributed by atoms with van der Waals surface area (Å²) in [5.41, 5.74) is 6.52. The van der Waals surface area contributed by atoms with E-state index >= 15 is 0 Å². The molecule has 0 bridgehead atoms. The minimum Gasteiger partial charge on any atom is -0.488 e. The van der Waals surface area contributed by atoms with Gasteiger partial charge in [-0.15, -0.1) is 0 Å². The molecule has 0 aliphatic heterocycles. The van der Waals surface area contributed by atoms with Gasteiger partial charge in [0.05, 0.1) is 17.7 Å². The quantitative estimate of drug-likeness (QED) is 0.519. The second kappa shape index (κ2) is 8.74. The third-order valence-corrected chi connectivity index (χ3v) is 3.76. The molecule has 130 valence electrons. The summed E-state index contributed by atoms with van der Waals surface area (Å²) in [6.07, 6.45) is 0. The topological polar surface area (TPSA) is 111 Å². The maximum atomic E-state index is 12.3. The molecule has 0 aliphatic carbocycles. The maximum Gasteiger partial charge on any atom is 0.323 e. The van der Waals surface area contributed by atoms with Gasteiger partial charge in [-0.1, -0.05) is 36.4 Å². The highest BCUT2D eigenvalue weighted by Gasteiger charge is 2.15. The molecule has 0 heterocycles. The van der Waals surface area contributed by atoms with Crippen LogP contribution in [0.2, 0.25) is 0 Å². The Balaban J connectivity index is 2.18. The number of Topliss-reactive ketones (excluding diaryl/α,β-unsaturated/α-hetero) is 1. The molecule has 0 unspecified atom stereocenters. The molecule has 4 N–H and O–H groups in total. The molecule has 3 amide bonds. The molecule has 2 rings (SSSR count). The molecule has 0 radical (unpaired) electrons. The number of amides is 3. The summed E-state index contributed by atoms with van der Waals surface area (Å²) in [4.78, 5) is 34.5. The number of ether oxygens (including phenoxy) is 1. The molecule has 0 saturated heterocycles. The van der Waals surface area contributed by atoms with E-state index in [1.807, 2.05) is 30.3 Å². The zero-order valence-corrected chi connectivity index (χ0v) is 14.3. The molecule has 0 spiro atoms. The number of hydrogen-bond acceptors (Lipinski definition) is 5. The van der Waals surface area contributed by atoms with Crippen molar-refractivity contribution >= 4 is 29.9 Å². The summed E-state index contributed by atoms with van der Waals surface area (Å²) < 4.78 is 10.3. The zero-order valence-electron chi connectivity index (χ0n) is 13.4. The van der Waals surface area contributed by atoms with Crippen LogP contribution in [0, 0.1) is 0 Å². The lowest BCUT2D eigenvalue weighted by Gasteiger charge is -2.12. The van der Waals surface area contributed by atoms with Crippen LogP contribution in [-0.4, -0.2) is 17.7 Å². The molecule has 0 saturated carbocycles. The van der Waals surface area contributed by atoms with Crippen LogP contribution < -0.4 is 19.9 Å². The number of primary amides is 1. The number of carbonyl (C=O) groups is 3. The van der Waals surface area contributed by atoms with E-state index in [9.17, 15) is 14.4 Å². The summed E-state index contributed by atoms with van der Waals surface area (Å²) >= 11 is 0.651. The number of benzene rings is 2. The second-order valence-electron chi connectivity index (χ2n) is 5.04. The summed E-state index contributed by atoms with van der Waals surface area (Å²) in [7, 11) is 0. The number of ketones is 1. The van der Waals surface area contributed by atoms with Crippen LogP contribution in [0.3, 0.4) is 0 Å². The van der Waals surface area contributed by atoms with Crippen LogP contribution in [0.1, 0.15) is 33.2 Å². The second-order valence-corrected chi connectivity index (χ2v) is 5.65. The molecule has 7 nitrogen and oxygen atoms in total. The van der Waals surface area contributed by atoms with Gasteiger partial charge in [0.1, 0.15) is 12.4 Å². The van der Waals surface area contributed by atoms with Gasteiger partial charge >= 0.3 is 6.03 Å². The van der Waals surface area contributed by atoms with Gasteiger partial charge in [0.2, 0.25) is 0 Å². The van der Waals surface area contributed by atoms with Crippen molar-refractivity contribution in [3.05, 3.63) is 65.2 Å². The molecule has 0 atom stereocenters. The standard InChI is InChI=1S/C17H17N3O4S/c1-11(21)13-7-8-14(16(22)19-25-20-17(18)23)15(9-13)24-10-12-5-3-2-4-6-12/h2-9H,10H2,1H3,(H,19,22)(H3,18,20,23). The van der Waals surface area contributed by atoms with Gasteiger partial charge in [0, 0.05) is 5.56 Å². The lowest BCUT2D eigenvalue weighted by atomic mass is 10.1. The molecular weight excluding hydrogens is 342 g/mol. The Morgan fingerprint density at radius 1 is 1.08 bits per heavy atom. The summed E-state index contributed by atoms with van der Waals surface area (Å²) in [6.45, 7) is 1.68. The first kappa shape index (κ1) is 18.3. The smallest absolute Gasteiger partial charge is 0.323 e. The Morgan fingerprint density at radius 2 is 1.80 bits per heavy atom. The van der Waals surface area contributed by atoms with Crippen LogP contribution >= 0.6 is 12.1 Å². The Bertz CT molecular complexity index is 781. The van der Waals surface area contributed by atoms with Crippen molar-refractivity contribution in [1.82, 2.24) is 9.44 Å². The van der Waals surface area contributed by atoms with Gasteiger partial charge in [0.25, 0.3) is 5.91 Å². The molecule has 8 heteroatoms. The van der Waals surface area contributed by atoms with Gasteiger partial charge in [-0.05, 0) is 24.6 Å². The highest BCUT2D eigenvalue weighted by molar-refractivity contribution is 7.96. The molecule has 0 aliphatic rings. The highest BCUT2D eigenvalue weighted by Crippen LogP contribution is 2.23. The Kier molecular flexibility index (Phi) is 6.41. The minimum atomic E-state index is -0.780. The lowest BCUT2D eigenvalue weighted by Crippen LogP contribution is -2.29. The summed E-state index contributed by atoms with van der Waals surface area (Å²) in [6, 6.07) is 13.2. The average Bonchev–Trinajstić information content (AvgIpc) is 2.60. The van der Waals surface area contributed by atoms with Gasteiger partial charge in [0.15, 0.2) is 5.78 Å². The SMILES string of the molecule is CC(=O)c1ccc(C(=O)NSNC(N)=O)c(OCc2ccccc2)c1. The molecule has 2 aromatic rings. The van der Waals surface area contributed by atoms with Crippen molar-refractivity contribution in [2.75, 3.05) is 0 Å². The van der Waals surface area contributed by atoms with Crippen molar-refractivity contribution in [3.8, 4) is 5.75 Å². The number of carbonyl (C=O) groups excluding carboxylic acids is 3. The van der Waals surface area contributed by atoms with E-state index in [0.29, 0.717) is 17.7 Å². The van der Waals surface area contributed by atoms with Crippen molar-refractivity contribution < 1.29 is 19.1 Å². The van der Waals surface area contributed by atoms with Crippen molar-refractivity contribution in [1.29, 1.82) is 0 Å². The summed E-state index contributed by atoms with van der Waals surface area (Å²) in [5.74, 6) is -0.355. The van der Waals surface area contributed by atoms with Crippen LogP contribution in [-0.2, 0) is 6.61 Å². The van der Waals surface area contributed by atoms with E-state index < -0.39 is 11.9 Å². The van der Waals surface area contributed by atoms with E-state index in [4.69, 9.17) is 10.5 Å². The first-order valence-electron chi connectivity index (χ1n) is 7.30. The third kappa shape index (κ3) is 5.54. The monoisotopic (exact) mass is 359 g/mol. The van der Waals surface area contributed by atoms with E-state index in [2.05, 4.69) is 9.44 Å². The first-order chi connectivity index (χ1) is 12.0. The molecule has 25 heavy (non-hydrogen) atoms.